The van der Waals surface area contributed by atoms with Gasteiger partial charge in [0, 0.05) is 11.5 Å². The molecule has 3 aliphatic carbocycles. The molecule has 3 nitrogen and oxygen atoms in total. The van der Waals surface area contributed by atoms with E-state index in [0.29, 0.717) is 23.8 Å². The lowest BCUT2D eigenvalue weighted by Crippen LogP contribution is -2.54. The van der Waals surface area contributed by atoms with Crippen LogP contribution in [0.25, 0.3) is 0 Å². The molecule has 3 aliphatic rings. The Morgan fingerprint density at radius 3 is 2.39 bits per heavy atom. The summed E-state index contributed by atoms with van der Waals surface area (Å²) in [4.78, 5) is 13.5. The van der Waals surface area contributed by atoms with E-state index in [-0.39, 0.29) is 17.5 Å². The predicted molar refractivity (Wildman–Crippen MR) is 127 cm³/mol. The Balaban J connectivity index is 0.000000858. The van der Waals surface area contributed by atoms with Crippen LogP contribution in [0.2, 0.25) is 0 Å². The lowest BCUT2D eigenvalue weighted by Gasteiger charge is -2.54. The number of halogens is 1. The van der Waals surface area contributed by atoms with E-state index in [4.69, 9.17) is 5.73 Å². The van der Waals surface area contributed by atoms with Crippen LogP contribution in [0.3, 0.4) is 0 Å². The van der Waals surface area contributed by atoms with Crippen LogP contribution in [0.5, 0.6) is 0 Å². The molecule has 4 atom stereocenters. The molecule has 0 radical (unpaired) electrons. The minimum atomic E-state index is -0.250. The van der Waals surface area contributed by atoms with Crippen molar-refractivity contribution in [2.24, 2.45) is 28.9 Å². The number of alkyl halides is 1. The summed E-state index contributed by atoms with van der Waals surface area (Å²) in [6.45, 7) is 6.65. The first kappa shape index (κ1) is 24.2. The molecule has 1 aromatic carbocycles. The number of fused-ring (bicyclic) bond motifs is 2. The van der Waals surface area contributed by atoms with Gasteiger partial charge in [0.15, 0.2) is 0 Å². The van der Waals surface area contributed by atoms with Gasteiger partial charge in [0.05, 0.1) is 6.67 Å². The van der Waals surface area contributed by atoms with Crippen molar-refractivity contribution in [1.29, 1.82) is 0 Å². The third-order valence-corrected chi connectivity index (χ3v) is 8.07. The summed E-state index contributed by atoms with van der Waals surface area (Å²) < 4.78 is 10.3. The van der Waals surface area contributed by atoms with Crippen molar-refractivity contribution in [2.45, 2.75) is 90.0 Å². The summed E-state index contributed by atoms with van der Waals surface area (Å²) in [6.07, 6.45) is 10.3. The zero-order valence-electron chi connectivity index (χ0n) is 19.8. The Bertz CT molecular complexity index is 698. The van der Waals surface area contributed by atoms with Gasteiger partial charge in [0.1, 0.15) is 0 Å². The molecule has 1 aromatic rings. The first-order chi connectivity index (χ1) is 14.8. The molecule has 0 aromatic heterocycles. The summed E-state index contributed by atoms with van der Waals surface area (Å²) in [7, 11) is 0. The molecule has 4 heteroatoms. The van der Waals surface area contributed by atoms with Crippen molar-refractivity contribution in [1.82, 2.24) is 5.32 Å². The number of nitrogens with one attached hydrogen (secondary N) is 1. The van der Waals surface area contributed by atoms with Crippen LogP contribution in [0.15, 0.2) is 30.3 Å². The number of carbonyl (C=O) groups is 1. The first-order valence-corrected chi connectivity index (χ1v) is 12.5. The highest BCUT2D eigenvalue weighted by molar-refractivity contribution is 5.83. The molecule has 3 saturated carbocycles. The minimum absolute atomic E-state index is 0.172. The van der Waals surface area contributed by atoms with Crippen LogP contribution in [-0.4, -0.2) is 25.2 Å². The fourth-order valence-corrected chi connectivity index (χ4v) is 7.00. The molecule has 0 aliphatic heterocycles. The van der Waals surface area contributed by atoms with E-state index >= 15 is 0 Å². The average Bonchev–Trinajstić information content (AvgIpc) is 2.74. The van der Waals surface area contributed by atoms with E-state index in [2.05, 4.69) is 49.5 Å². The third-order valence-electron chi connectivity index (χ3n) is 8.07. The monoisotopic (exact) mass is 430 g/mol. The number of rotatable bonds is 4. The lowest BCUT2D eigenvalue weighted by molar-refractivity contribution is -0.137. The van der Waals surface area contributed by atoms with Gasteiger partial charge >= 0.3 is 0 Å². The summed E-state index contributed by atoms with van der Waals surface area (Å²) in [5.74, 6) is 2.38. The second-order valence-corrected chi connectivity index (χ2v) is 10.9. The standard InChI is InChI=1S/C25H38N2O.C2H5F/c1-18-12-20-14-24(2,23(28)27-22-10-8-19(16-26)9-11-22)17-25(13-18,15-20)21-6-4-3-5-7-21;1-2-3/h3-7,18-20,22H,8-17,26H2,1-2H3,(H,27,28);2H2,1H3. The summed E-state index contributed by atoms with van der Waals surface area (Å²) in [6, 6.07) is 11.4. The van der Waals surface area contributed by atoms with Gasteiger partial charge in [-0.1, -0.05) is 44.2 Å². The van der Waals surface area contributed by atoms with Gasteiger partial charge in [-0.2, -0.15) is 0 Å². The van der Waals surface area contributed by atoms with Crippen LogP contribution in [0.4, 0.5) is 4.39 Å². The van der Waals surface area contributed by atoms with Crippen molar-refractivity contribution < 1.29 is 9.18 Å². The normalized spacial score (nSPS) is 37.3. The van der Waals surface area contributed by atoms with E-state index in [1.807, 2.05) is 0 Å². The van der Waals surface area contributed by atoms with E-state index in [9.17, 15) is 9.18 Å². The molecular weight excluding hydrogens is 387 g/mol. The Morgan fingerprint density at radius 1 is 1.13 bits per heavy atom. The maximum absolute atomic E-state index is 13.5. The van der Waals surface area contributed by atoms with Crippen molar-refractivity contribution in [3.8, 4) is 0 Å². The predicted octanol–water partition coefficient (Wildman–Crippen LogP) is 5.77. The van der Waals surface area contributed by atoms with E-state index in [1.165, 1.54) is 31.7 Å². The van der Waals surface area contributed by atoms with Crippen LogP contribution in [-0.2, 0) is 10.2 Å². The Morgan fingerprint density at radius 2 is 1.77 bits per heavy atom. The van der Waals surface area contributed by atoms with Gasteiger partial charge in [-0.15, -0.1) is 0 Å². The van der Waals surface area contributed by atoms with Gasteiger partial charge < -0.3 is 11.1 Å². The Kier molecular flexibility index (Phi) is 8.18. The maximum atomic E-state index is 13.5. The molecule has 2 bridgehead atoms. The second-order valence-electron chi connectivity index (χ2n) is 10.9. The van der Waals surface area contributed by atoms with E-state index < -0.39 is 0 Å². The van der Waals surface area contributed by atoms with Gasteiger partial charge in [-0.3, -0.25) is 9.18 Å². The van der Waals surface area contributed by atoms with Crippen molar-refractivity contribution >= 4 is 5.91 Å². The Hall–Kier alpha value is -1.42. The number of hydrogen-bond donors (Lipinski definition) is 2. The molecule has 4 rings (SSSR count). The quantitative estimate of drug-likeness (QED) is 0.637. The van der Waals surface area contributed by atoms with Crippen LogP contribution in [0, 0.1) is 23.2 Å². The maximum Gasteiger partial charge on any atom is 0.226 e. The topological polar surface area (TPSA) is 55.1 Å². The van der Waals surface area contributed by atoms with Crippen LogP contribution >= 0.6 is 0 Å². The molecule has 31 heavy (non-hydrogen) atoms. The van der Waals surface area contributed by atoms with Gasteiger partial charge in [0.2, 0.25) is 5.91 Å². The van der Waals surface area contributed by atoms with Crippen molar-refractivity contribution in [3.05, 3.63) is 35.9 Å². The number of carbonyl (C=O) groups excluding carboxylic acids is 1. The second kappa shape index (κ2) is 10.5. The number of nitrogens with two attached hydrogens (primary N) is 1. The average molecular weight is 431 g/mol. The minimum Gasteiger partial charge on any atom is -0.353 e. The largest absolute Gasteiger partial charge is 0.353 e. The third kappa shape index (κ3) is 5.69. The van der Waals surface area contributed by atoms with Gasteiger partial charge in [-0.05, 0) is 100.0 Å². The van der Waals surface area contributed by atoms with Crippen molar-refractivity contribution in [3.63, 3.8) is 0 Å². The summed E-state index contributed by atoms with van der Waals surface area (Å²) >= 11 is 0. The SMILES string of the molecule is CC1CC2CC(C)(C(=O)NC3CCC(CN)CC3)CC(c3ccccc3)(C1)C2.CCF. The fraction of sp³-hybridized carbons (Fsp3) is 0.741. The van der Waals surface area contributed by atoms with Crippen LogP contribution < -0.4 is 11.1 Å². The number of amides is 1. The highest BCUT2D eigenvalue weighted by Crippen LogP contribution is 2.58. The highest BCUT2D eigenvalue weighted by Gasteiger charge is 2.53. The molecule has 0 saturated heterocycles. The van der Waals surface area contributed by atoms with Crippen LogP contribution in [0.1, 0.15) is 84.1 Å². The summed E-state index contributed by atoms with van der Waals surface area (Å²) in [5, 5.41) is 3.46. The molecule has 1 amide bonds. The first-order valence-electron chi connectivity index (χ1n) is 12.5. The Labute approximate surface area is 188 Å². The molecule has 174 valence electrons. The molecular formula is C27H43FN2O. The molecule has 3 N–H and O–H groups in total. The molecule has 4 unspecified atom stereocenters. The van der Waals surface area contributed by atoms with Crippen molar-refractivity contribution in [2.75, 3.05) is 13.2 Å². The fourth-order valence-electron chi connectivity index (χ4n) is 7.00. The zero-order valence-corrected chi connectivity index (χ0v) is 19.8. The summed E-state index contributed by atoms with van der Waals surface area (Å²) in [5.41, 5.74) is 7.21. The number of hydrogen-bond acceptors (Lipinski definition) is 2. The van der Waals surface area contributed by atoms with Gasteiger partial charge in [0.25, 0.3) is 0 Å². The molecule has 0 spiro atoms. The zero-order chi connectivity index (χ0) is 22.5. The lowest BCUT2D eigenvalue weighted by atomic mass is 9.50. The molecule has 3 fully saturated rings. The highest BCUT2D eigenvalue weighted by atomic mass is 19.1. The van der Waals surface area contributed by atoms with E-state index in [1.54, 1.807) is 0 Å². The van der Waals surface area contributed by atoms with Gasteiger partial charge in [-0.25, -0.2) is 0 Å². The molecule has 0 heterocycles. The number of benzene rings is 1. The smallest absolute Gasteiger partial charge is 0.226 e. The van der Waals surface area contributed by atoms with E-state index in [0.717, 1.165) is 51.0 Å².